The van der Waals surface area contributed by atoms with Crippen LogP contribution in [0.25, 0.3) is 0 Å². The Hall–Kier alpha value is -2.64. The number of hydrogen-bond acceptors (Lipinski definition) is 6. The van der Waals surface area contributed by atoms with E-state index in [4.69, 9.17) is 14.5 Å². The molecule has 0 radical (unpaired) electrons. The Bertz CT molecular complexity index is 920. The Kier molecular flexibility index (Phi) is 7.60. The number of carboxylic acids is 1. The molecular formula is C25H33N3O4. The number of likely N-dealkylation sites (tertiary alicyclic amines) is 1. The second-order valence-electron chi connectivity index (χ2n) is 8.56. The Labute approximate surface area is 189 Å². The number of aryl methyl sites for hydroxylation is 2. The SMILES string of the molecule is COc1ccccc1C(C(=O)O)N1CCC(OCCCCc2ccc3c(n2)NCCC3)C1. The highest BCUT2D eigenvalue weighted by Gasteiger charge is 2.35. The number of nitrogens with zero attached hydrogens (tertiary/aromatic N) is 2. The number of pyridine rings is 1. The van der Waals surface area contributed by atoms with E-state index in [9.17, 15) is 9.90 Å². The molecule has 172 valence electrons. The van der Waals surface area contributed by atoms with Gasteiger partial charge in [0.2, 0.25) is 0 Å². The van der Waals surface area contributed by atoms with Gasteiger partial charge in [0.25, 0.3) is 0 Å². The predicted molar refractivity (Wildman–Crippen MR) is 123 cm³/mol. The molecule has 0 saturated carbocycles. The van der Waals surface area contributed by atoms with Crippen LogP contribution < -0.4 is 10.1 Å². The van der Waals surface area contributed by atoms with Gasteiger partial charge in [0, 0.05) is 37.5 Å². The van der Waals surface area contributed by atoms with Crippen molar-refractivity contribution < 1.29 is 19.4 Å². The van der Waals surface area contributed by atoms with E-state index in [1.165, 1.54) is 12.0 Å². The summed E-state index contributed by atoms with van der Waals surface area (Å²) in [6, 6.07) is 11.0. The molecule has 0 spiro atoms. The number of benzene rings is 1. The van der Waals surface area contributed by atoms with Crippen molar-refractivity contribution in [3.8, 4) is 5.75 Å². The zero-order valence-electron chi connectivity index (χ0n) is 18.8. The van der Waals surface area contributed by atoms with Crippen LogP contribution in [0.15, 0.2) is 36.4 Å². The number of nitrogens with one attached hydrogen (secondary N) is 1. The summed E-state index contributed by atoms with van der Waals surface area (Å²) in [6.45, 7) is 3.02. The summed E-state index contributed by atoms with van der Waals surface area (Å²) in [5.41, 5.74) is 3.14. The second-order valence-corrected chi connectivity index (χ2v) is 8.56. The van der Waals surface area contributed by atoms with E-state index in [-0.39, 0.29) is 6.10 Å². The Morgan fingerprint density at radius 2 is 2.16 bits per heavy atom. The minimum absolute atomic E-state index is 0.0672. The van der Waals surface area contributed by atoms with Crippen LogP contribution in [0.2, 0.25) is 0 Å². The van der Waals surface area contributed by atoms with Gasteiger partial charge in [-0.15, -0.1) is 0 Å². The monoisotopic (exact) mass is 439 g/mol. The van der Waals surface area contributed by atoms with Crippen molar-refractivity contribution in [2.45, 2.75) is 50.7 Å². The van der Waals surface area contributed by atoms with Crippen LogP contribution in [0, 0.1) is 0 Å². The number of anilines is 1. The number of para-hydroxylation sites is 1. The highest BCUT2D eigenvalue weighted by Crippen LogP contribution is 2.32. The molecule has 32 heavy (non-hydrogen) atoms. The molecule has 7 heteroatoms. The lowest BCUT2D eigenvalue weighted by Gasteiger charge is -2.25. The lowest BCUT2D eigenvalue weighted by Crippen LogP contribution is -2.33. The number of methoxy groups -OCH3 is 1. The topological polar surface area (TPSA) is 83.9 Å². The standard InChI is InChI=1S/C25H33N3O4/c1-31-22-10-3-2-9-21(22)23(25(29)30)28-15-13-20(17-28)32-16-5-4-8-19-12-11-18-7-6-14-26-24(18)27-19/h2-3,9-12,20,23H,4-8,13-17H2,1H3,(H,26,27)(H,29,30). The molecule has 3 heterocycles. The van der Waals surface area contributed by atoms with Gasteiger partial charge < -0.3 is 19.9 Å². The number of aliphatic carboxylic acids is 1. The lowest BCUT2D eigenvalue weighted by atomic mass is 10.0. The third-order valence-electron chi connectivity index (χ3n) is 6.34. The van der Waals surface area contributed by atoms with Gasteiger partial charge in [0.1, 0.15) is 17.6 Å². The number of unbranched alkanes of at least 4 members (excludes halogenated alkanes) is 1. The second kappa shape index (κ2) is 10.8. The molecule has 2 atom stereocenters. The third kappa shape index (κ3) is 5.40. The van der Waals surface area contributed by atoms with Gasteiger partial charge in [-0.05, 0) is 56.2 Å². The largest absolute Gasteiger partial charge is 0.496 e. The van der Waals surface area contributed by atoms with Crippen molar-refractivity contribution >= 4 is 11.8 Å². The number of fused-ring (bicyclic) bond motifs is 1. The van der Waals surface area contributed by atoms with Crippen molar-refractivity contribution in [2.75, 3.05) is 38.7 Å². The first-order valence-corrected chi connectivity index (χ1v) is 11.6. The number of aromatic nitrogens is 1. The van der Waals surface area contributed by atoms with Crippen LogP contribution >= 0.6 is 0 Å². The Balaban J connectivity index is 1.22. The summed E-state index contributed by atoms with van der Waals surface area (Å²) in [4.78, 5) is 18.8. The predicted octanol–water partition coefficient (Wildman–Crippen LogP) is 3.69. The number of carbonyl (C=O) groups is 1. The quantitative estimate of drug-likeness (QED) is 0.546. The smallest absolute Gasteiger partial charge is 0.325 e. The van der Waals surface area contributed by atoms with Crippen molar-refractivity contribution in [3.05, 3.63) is 53.2 Å². The van der Waals surface area contributed by atoms with Gasteiger partial charge >= 0.3 is 5.97 Å². The number of ether oxygens (including phenoxy) is 2. The summed E-state index contributed by atoms with van der Waals surface area (Å²) in [5.74, 6) is 0.802. The van der Waals surface area contributed by atoms with Gasteiger partial charge in [-0.3, -0.25) is 9.69 Å². The minimum atomic E-state index is -0.859. The van der Waals surface area contributed by atoms with Gasteiger partial charge in [0.05, 0.1) is 13.2 Å². The van der Waals surface area contributed by atoms with E-state index in [1.54, 1.807) is 7.11 Å². The zero-order valence-corrected chi connectivity index (χ0v) is 18.8. The van der Waals surface area contributed by atoms with Crippen LogP contribution in [-0.4, -0.2) is 60.4 Å². The normalized spacial score (nSPS) is 19.2. The molecule has 7 nitrogen and oxygen atoms in total. The van der Waals surface area contributed by atoms with Crippen LogP contribution in [0.5, 0.6) is 5.75 Å². The van der Waals surface area contributed by atoms with E-state index in [2.05, 4.69) is 17.4 Å². The van der Waals surface area contributed by atoms with E-state index in [0.717, 1.165) is 50.2 Å². The Morgan fingerprint density at radius 1 is 1.28 bits per heavy atom. The van der Waals surface area contributed by atoms with E-state index >= 15 is 0 Å². The minimum Gasteiger partial charge on any atom is -0.496 e. The van der Waals surface area contributed by atoms with Crippen LogP contribution in [0.3, 0.4) is 0 Å². The van der Waals surface area contributed by atoms with Gasteiger partial charge in [-0.1, -0.05) is 24.3 Å². The summed E-state index contributed by atoms with van der Waals surface area (Å²) in [7, 11) is 1.57. The van der Waals surface area contributed by atoms with Crippen LogP contribution in [0.1, 0.15) is 48.5 Å². The van der Waals surface area contributed by atoms with Gasteiger partial charge in [0.15, 0.2) is 0 Å². The Morgan fingerprint density at radius 3 is 3.00 bits per heavy atom. The summed E-state index contributed by atoms with van der Waals surface area (Å²) in [5, 5.41) is 13.3. The van der Waals surface area contributed by atoms with Crippen LogP contribution in [0.4, 0.5) is 5.82 Å². The molecule has 1 fully saturated rings. The van der Waals surface area contributed by atoms with E-state index < -0.39 is 12.0 Å². The molecule has 2 N–H and O–H groups in total. The number of hydrogen-bond donors (Lipinski definition) is 2. The number of carboxylic acid groups (broad SMARTS) is 1. The summed E-state index contributed by atoms with van der Waals surface area (Å²) >= 11 is 0. The molecule has 2 aromatic rings. The number of rotatable bonds is 10. The zero-order chi connectivity index (χ0) is 22.3. The fourth-order valence-electron chi connectivity index (χ4n) is 4.67. The van der Waals surface area contributed by atoms with Gasteiger partial charge in [-0.2, -0.15) is 0 Å². The third-order valence-corrected chi connectivity index (χ3v) is 6.34. The first-order valence-electron chi connectivity index (χ1n) is 11.6. The molecule has 0 bridgehead atoms. The maximum atomic E-state index is 12.0. The molecule has 0 aliphatic carbocycles. The molecule has 2 aliphatic heterocycles. The summed E-state index contributed by atoms with van der Waals surface area (Å²) < 4.78 is 11.5. The highest BCUT2D eigenvalue weighted by atomic mass is 16.5. The average molecular weight is 440 g/mol. The van der Waals surface area contributed by atoms with Crippen molar-refractivity contribution in [1.29, 1.82) is 0 Å². The highest BCUT2D eigenvalue weighted by molar-refractivity contribution is 5.76. The fourth-order valence-corrected chi connectivity index (χ4v) is 4.67. The first kappa shape index (κ1) is 22.6. The molecule has 2 aliphatic rings. The summed E-state index contributed by atoms with van der Waals surface area (Å²) in [6.07, 6.45) is 6.15. The van der Waals surface area contributed by atoms with Crippen LogP contribution in [-0.2, 0) is 22.4 Å². The van der Waals surface area contributed by atoms with E-state index in [0.29, 0.717) is 31.0 Å². The average Bonchev–Trinajstić information content (AvgIpc) is 3.27. The molecular weight excluding hydrogens is 406 g/mol. The molecule has 1 aromatic heterocycles. The van der Waals surface area contributed by atoms with Crippen molar-refractivity contribution in [3.63, 3.8) is 0 Å². The van der Waals surface area contributed by atoms with Gasteiger partial charge in [-0.25, -0.2) is 4.98 Å². The fraction of sp³-hybridized carbons (Fsp3) is 0.520. The maximum absolute atomic E-state index is 12.0. The molecule has 1 saturated heterocycles. The molecule has 1 aromatic carbocycles. The maximum Gasteiger partial charge on any atom is 0.325 e. The lowest BCUT2D eigenvalue weighted by molar-refractivity contribution is -0.143. The van der Waals surface area contributed by atoms with E-state index in [1.807, 2.05) is 29.2 Å². The van der Waals surface area contributed by atoms with Crippen molar-refractivity contribution in [1.82, 2.24) is 9.88 Å². The molecule has 4 rings (SSSR count). The first-order chi connectivity index (χ1) is 15.7. The van der Waals surface area contributed by atoms with Crippen molar-refractivity contribution in [2.24, 2.45) is 0 Å². The molecule has 0 amide bonds. The molecule has 2 unspecified atom stereocenters.